The van der Waals surface area contributed by atoms with Crippen molar-refractivity contribution in [2.75, 3.05) is 19.8 Å². The molecule has 118 valence electrons. The summed E-state index contributed by atoms with van der Waals surface area (Å²) in [5, 5.41) is 10.5. The summed E-state index contributed by atoms with van der Waals surface area (Å²) < 4.78 is 10.6. The number of aromatic nitrogens is 1. The molecule has 0 saturated heterocycles. The molecule has 0 aliphatic carbocycles. The van der Waals surface area contributed by atoms with Crippen molar-refractivity contribution in [1.29, 1.82) is 0 Å². The van der Waals surface area contributed by atoms with Gasteiger partial charge < -0.3 is 14.3 Å². The van der Waals surface area contributed by atoms with Crippen LogP contribution in [-0.4, -0.2) is 35.6 Å². The van der Waals surface area contributed by atoms with Gasteiger partial charge >= 0.3 is 5.95 Å². The Labute approximate surface area is 134 Å². The molecule has 0 saturated carbocycles. The second-order valence-corrected chi connectivity index (χ2v) is 5.13. The molecule has 1 aromatic heterocycles. The van der Waals surface area contributed by atoms with Crippen molar-refractivity contribution in [2.45, 2.75) is 20.3 Å². The lowest BCUT2D eigenvalue weighted by molar-refractivity contribution is 0.146. The van der Waals surface area contributed by atoms with Crippen molar-refractivity contribution < 1.29 is 14.3 Å². The summed E-state index contributed by atoms with van der Waals surface area (Å²) >= 11 is 5.85. The average molecular weight is 323 g/mol. The monoisotopic (exact) mass is 322 g/mol. The van der Waals surface area contributed by atoms with Gasteiger partial charge in [-0.2, -0.15) is 0 Å². The minimum atomic E-state index is -0.226. The molecule has 0 unspecified atom stereocenters. The first-order valence-electron chi connectivity index (χ1n) is 7.16. The van der Waals surface area contributed by atoms with Gasteiger partial charge in [-0.05, 0) is 44.5 Å². The van der Waals surface area contributed by atoms with E-state index in [0.717, 1.165) is 12.0 Å². The van der Waals surface area contributed by atoms with Crippen LogP contribution in [0.1, 0.15) is 26.0 Å². The van der Waals surface area contributed by atoms with Gasteiger partial charge in [-0.25, -0.2) is 4.98 Å². The third-order valence-electron chi connectivity index (χ3n) is 3.04. The molecule has 0 radical (unpaired) electrons. The fourth-order valence-corrected chi connectivity index (χ4v) is 2.02. The molecule has 0 atom stereocenters. The molecule has 1 heterocycles. The van der Waals surface area contributed by atoms with Gasteiger partial charge in [0.1, 0.15) is 0 Å². The number of aliphatic imine (C=N–C) groups is 1. The number of nitrogens with zero attached hydrogens (tertiary/aromatic N) is 2. The Hall–Kier alpha value is -1.85. The maximum atomic E-state index is 9.90. The van der Waals surface area contributed by atoms with E-state index in [1.807, 2.05) is 6.92 Å². The molecule has 1 aromatic carbocycles. The first-order chi connectivity index (χ1) is 10.6. The van der Waals surface area contributed by atoms with Crippen molar-refractivity contribution in [3.8, 4) is 17.4 Å². The van der Waals surface area contributed by atoms with Crippen molar-refractivity contribution in [3.05, 3.63) is 35.0 Å². The summed E-state index contributed by atoms with van der Waals surface area (Å²) in [7, 11) is 0. The zero-order valence-electron chi connectivity index (χ0n) is 12.7. The van der Waals surface area contributed by atoms with Gasteiger partial charge in [0.05, 0.1) is 5.71 Å². The number of hydrogen-bond donors (Lipinski definition) is 1. The van der Waals surface area contributed by atoms with Crippen LogP contribution in [0.25, 0.3) is 11.5 Å². The van der Waals surface area contributed by atoms with Crippen LogP contribution >= 0.6 is 11.6 Å². The summed E-state index contributed by atoms with van der Waals surface area (Å²) in [6.07, 6.45) is 0.827. The molecule has 0 aliphatic heterocycles. The molecule has 5 nitrogen and oxygen atoms in total. The SMILES string of the molecule is CCOCCCN=C(C)c1nc(-c2ccc(Cl)cc2)oc1O. The number of benzene rings is 1. The van der Waals surface area contributed by atoms with Gasteiger partial charge in [0.15, 0.2) is 5.69 Å². The Morgan fingerprint density at radius 2 is 2.09 bits per heavy atom. The first-order valence-corrected chi connectivity index (χ1v) is 7.54. The molecule has 22 heavy (non-hydrogen) atoms. The molecule has 0 amide bonds. The summed E-state index contributed by atoms with van der Waals surface area (Å²) in [4.78, 5) is 8.68. The second kappa shape index (κ2) is 7.96. The minimum absolute atomic E-state index is 0.226. The highest BCUT2D eigenvalue weighted by atomic mass is 35.5. The third-order valence-corrected chi connectivity index (χ3v) is 3.30. The van der Waals surface area contributed by atoms with Crippen molar-refractivity contribution in [1.82, 2.24) is 4.98 Å². The Kier molecular flexibility index (Phi) is 5.98. The van der Waals surface area contributed by atoms with Crippen molar-refractivity contribution in [2.24, 2.45) is 4.99 Å². The van der Waals surface area contributed by atoms with E-state index in [0.29, 0.717) is 42.1 Å². The van der Waals surface area contributed by atoms with Crippen LogP contribution < -0.4 is 0 Å². The lowest BCUT2D eigenvalue weighted by Gasteiger charge is -1.99. The van der Waals surface area contributed by atoms with Crippen molar-refractivity contribution >= 4 is 17.3 Å². The summed E-state index contributed by atoms with van der Waals surface area (Å²) in [5.41, 5.74) is 1.74. The maximum absolute atomic E-state index is 9.90. The standard InChI is InChI=1S/C16H19ClN2O3/c1-3-21-10-4-9-18-11(2)14-16(20)22-15(19-14)12-5-7-13(17)8-6-12/h5-8,20H,3-4,9-10H2,1-2H3. The van der Waals surface area contributed by atoms with Gasteiger partial charge in [0.2, 0.25) is 5.89 Å². The van der Waals surface area contributed by atoms with E-state index in [1.165, 1.54) is 0 Å². The van der Waals surface area contributed by atoms with E-state index in [-0.39, 0.29) is 5.95 Å². The molecule has 2 rings (SSSR count). The number of ether oxygens (including phenoxy) is 1. The molecule has 0 bridgehead atoms. The molecular weight excluding hydrogens is 304 g/mol. The van der Waals surface area contributed by atoms with Gasteiger partial charge in [-0.15, -0.1) is 0 Å². The fraction of sp³-hybridized carbons (Fsp3) is 0.375. The summed E-state index contributed by atoms with van der Waals surface area (Å²) in [6, 6.07) is 7.05. The van der Waals surface area contributed by atoms with Crippen LogP contribution in [-0.2, 0) is 4.74 Å². The summed E-state index contributed by atoms with van der Waals surface area (Å²) in [5.74, 6) is 0.115. The van der Waals surface area contributed by atoms with E-state index in [1.54, 1.807) is 31.2 Å². The lowest BCUT2D eigenvalue weighted by atomic mass is 10.2. The van der Waals surface area contributed by atoms with Gasteiger partial charge in [-0.3, -0.25) is 4.99 Å². The topological polar surface area (TPSA) is 67.9 Å². The number of oxazole rings is 1. The predicted molar refractivity (Wildman–Crippen MR) is 86.8 cm³/mol. The Balaban J connectivity index is 2.08. The van der Waals surface area contributed by atoms with Crippen LogP contribution in [0, 0.1) is 0 Å². The predicted octanol–water partition coefficient (Wildman–Crippen LogP) is 3.94. The Morgan fingerprint density at radius 3 is 2.77 bits per heavy atom. The number of halogens is 1. The van der Waals surface area contributed by atoms with Gasteiger partial charge in [0.25, 0.3) is 0 Å². The van der Waals surface area contributed by atoms with E-state index >= 15 is 0 Å². The lowest BCUT2D eigenvalue weighted by Crippen LogP contribution is -2.00. The summed E-state index contributed by atoms with van der Waals surface area (Å²) in [6.45, 7) is 5.75. The average Bonchev–Trinajstić information content (AvgIpc) is 2.89. The van der Waals surface area contributed by atoms with Crippen LogP contribution in [0.5, 0.6) is 5.95 Å². The van der Waals surface area contributed by atoms with E-state index < -0.39 is 0 Å². The highest BCUT2D eigenvalue weighted by Crippen LogP contribution is 2.27. The highest BCUT2D eigenvalue weighted by molar-refractivity contribution is 6.30. The van der Waals surface area contributed by atoms with Gasteiger partial charge in [-0.1, -0.05) is 11.6 Å². The third kappa shape index (κ3) is 4.32. The molecular formula is C16H19ClN2O3. The fourth-order valence-electron chi connectivity index (χ4n) is 1.90. The molecule has 0 fully saturated rings. The van der Waals surface area contributed by atoms with E-state index in [2.05, 4.69) is 9.98 Å². The number of aromatic hydroxyl groups is 1. The van der Waals surface area contributed by atoms with Crippen LogP contribution in [0.2, 0.25) is 5.02 Å². The minimum Gasteiger partial charge on any atom is -0.479 e. The zero-order valence-corrected chi connectivity index (χ0v) is 13.4. The van der Waals surface area contributed by atoms with E-state index in [4.69, 9.17) is 20.8 Å². The van der Waals surface area contributed by atoms with Crippen LogP contribution in [0.4, 0.5) is 0 Å². The molecule has 6 heteroatoms. The van der Waals surface area contributed by atoms with E-state index in [9.17, 15) is 5.11 Å². The Bertz CT molecular complexity index is 635. The maximum Gasteiger partial charge on any atom is 0.312 e. The second-order valence-electron chi connectivity index (χ2n) is 4.70. The van der Waals surface area contributed by atoms with Crippen LogP contribution in [0.15, 0.2) is 33.7 Å². The molecule has 2 aromatic rings. The normalized spacial score (nSPS) is 11.9. The van der Waals surface area contributed by atoms with Crippen LogP contribution in [0.3, 0.4) is 0 Å². The zero-order chi connectivity index (χ0) is 15.9. The quantitative estimate of drug-likeness (QED) is 0.619. The number of hydrogen-bond acceptors (Lipinski definition) is 5. The largest absolute Gasteiger partial charge is 0.479 e. The molecule has 1 N–H and O–H groups in total. The first kappa shape index (κ1) is 16.5. The molecule has 0 aliphatic rings. The molecule has 0 spiro atoms. The smallest absolute Gasteiger partial charge is 0.312 e. The highest BCUT2D eigenvalue weighted by Gasteiger charge is 2.16. The Morgan fingerprint density at radius 1 is 1.36 bits per heavy atom. The van der Waals surface area contributed by atoms with Crippen molar-refractivity contribution in [3.63, 3.8) is 0 Å². The van der Waals surface area contributed by atoms with Gasteiger partial charge in [0, 0.05) is 30.3 Å². The number of rotatable bonds is 7.